The van der Waals surface area contributed by atoms with E-state index in [0.29, 0.717) is 11.1 Å². The Bertz CT molecular complexity index is 804. The van der Waals surface area contributed by atoms with E-state index in [1.54, 1.807) is 12.1 Å². The van der Waals surface area contributed by atoms with Gasteiger partial charge in [0.05, 0.1) is 0 Å². The van der Waals surface area contributed by atoms with E-state index in [-0.39, 0.29) is 22.8 Å². The van der Waals surface area contributed by atoms with E-state index in [0.717, 1.165) is 11.1 Å². The number of hydrogen-bond donors (Lipinski definition) is 2. The summed E-state index contributed by atoms with van der Waals surface area (Å²) in [4.78, 5) is 0. The Kier molecular flexibility index (Phi) is 6.33. The van der Waals surface area contributed by atoms with Crippen molar-refractivity contribution in [1.29, 1.82) is 0 Å². The average Bonchev–Trinajstić information content (AvgIpc) is 2.64. The van der Waals surface area contributed by atoms with Crippen molar-refractivity contribution in [3.8, 4) is 11.1 Å². The second-order valence-corrected chi connectivity index (χ2v) is 5.21. The second kappa shape index (κ2) is 8.46. The fourth-order valence-corrected chi connectivity index (χ4v) is 2.62. The van der Waals surface area contributed by atoms with Crippen molar-refractivity contribution in [2.75, 3.05) is 0 Å². The Labute approximate surface area is 151 Å². The molecule has 3 rings (SSSR count). The summed E-state index contributed by atoms with van der Waals surface area (Å²) in [6.45, 7) is 0. The van der Waals surface area contributed by atoms with Gasteiger partial charge < -0.3 is 10.3 Å². The molecule has 0 spiro atoms. The van der Waals surface area contributed by atoms with Crippen molar-refractivity contribution in [2.45, 2.75) is 6.10 Å². The van der Waals surface area contributed by atoms with Gasteiger partial charge in [-0.25, -0.2) is 0 Å². The zero-order chi connectivity index (χ0) is 16.1. The van der Waals surface area contributed by atoms with Crippen LogP contribution in [0, 0.1) is 0 Å². The molecule has 0 saturated heterocycles. The fourth-order valence-electron chi connectivity index (χ4n) is 2.62. The van der Waals surface area contributed by atoms with Crippen molar-refractivity contribution in [3.05, 3.63) is 96.1 Å². The number of benzene rings is 3. The Morgan fingerprint density at radius 3 is 1.92 bits per heavy atom. The van der Waals surface area contributed by atoms with Gasteiger partial charge in [-0.2, -0.15) is 0 Å². The normalized spacial score (nSPS) is 12.3. The van der Waals surface area contributed by atoms with Crippen molar-refractivity contribution in [2.24, 2.45) is 5.16 Å². The van der Waals surface area contributed by atoms with Crippen LogP contribution in [0.2, 0.25) is 0 Å². The first kappa shape index (κ1) is 18.0. The first-order valence-electron chi connectivity index (χ1n) is 7.41. The number of aliphatic hydroxyl groups excluding tert-OH is 1. The van der Waals surface area contributed by atoms with Crippen LogP contribution in [0.15, 0.2) is 90.1 Å². The van der Waals surface area contributed by atoms with Gasteiger partial charge in [-0.15, -0.1) is 0 Å². The van der Waals surface area contributed by atoms with E-state index >= 15 is 0 Å². The third kappa shape index (κ3) is 3.74. The van der Waals surface area contributed by atoms with Crippen LogP contribution >= 0.6 is 0 Å². The number of nitrogens with zero attached hydrogens (tertiary/aromatic N) is 1. The maximum Gasteiger partial charge on any atom is 0.125 e. The maximum atomic E-state index is 10.6. The van der Waals surface area contributed by atoms with E-state index in [9.17, 15) is 10.3 Å². The monoisotopic (exact) mass is 358 g/mol. The average molecular weight is 358 g/mol. The maximum absolute atomic E-state index is 10.6. The van der Waals surface area contributed by atoms with E-state index in [2.05, 4.69) is 5.16 Å². The van der Waals surface area contributed by atoms with Crippen molar-refractivity contribution in [3.63, 3.8) is 0 Å². The Morgan fingerprint density at radius 1 is 0.750 bits per heavy atom. The van der Waals surface area contributed by atoms with Gasteiger partial charge in [0.2, 0.25) is 0 Å². The molecule has 0 aromatic heterocycles. The number of oxime groups is 1. The summed E-state index contributed by atoms with van der Waals surface area (Å²) in [5.74, 6) is 0. The predicted molar refractivity (Wildman–Crippen MR) is 91.6 cm³/mol. The topological polar surface area (TPSA) is 52.8 Å². The minimum Gasteiger partial charge on any atom is -0.411 e. The molecule has 0 heterocycles. The zero-order valence-electron chi connectivity index (χ0n) is 12.9. The SMILES string of the molecule is ON=C(c1ccccc1-c1ccccc1)C(O)c1ccccc1.[Mn]. The summed E-state index contributed by atoms with van der Waals surface area (Å²) in [6, 6.07) is 26.6. The Morgan fingerprint density at radius 2 is 1.29 bits per heavy atom. The minimum absolute atomic E-state index is 0. The quantitative estimate of drug-likeness (QED) is 0.317. The molecule has 24 heavy (non-hydrogen) atoms. The summed E-state index contributed by atoms with van der Waals surface area (Å²) in [5, 5.41) is 23.5. The van der Waals surface area contributed by atoms with E-state index in [1.807, 2.05) is 72.8 Å². The second-order valence-electron chi connectivity index (χ2n) is 5.21. The van der Waals surface area contributed by atoms with Gasteiger partial charge in [-0.1, -0.05) is 90.1 Å². The van der Waals surface area contributed by atoms with Gasteiger partial charge in [0, 0.05) is 22.6 Å². The number of rotatable bonds is 4. The van der Waals surface area contributed by atoms with Crippen LogP contribution in [0.1, 0.15) is 17.2 Å². The molecule has 1 unspecified atom stereocenters. The fraction of sp³-hybridized carbons (Fsp3) is 0.0500. The summed E-state index contributed by atoms with van der Waals surface area (Å²) in [6.07, 6.45) is -0.994. The van der Waals surface area contributed by atoms with Gasteiger partial charge in [0.15, 0.2) is 0 Å². The van der Waals surface area contributed by atoms with Crippen molar-refractivity contribution >= 4 is 5.71 Å². The van der Waals surface area contributed by atoms with Gasteiger partial charge in [0.25, 0.3) is 0 Å². The van der Waals surface area contributed by atoms with Gasteiger partial charge >= 0.3 is 0 Å². The van der Waals surface area contributed by atoms with Crippen LogP contribution in [0.4, 0.5) is 0 Å². The van der Waals surface area contributed by atoms with Gasteiger partial charge in [-0.3, -0.25) is 0 Å². The zero-order valence-corrected chi connectivity index (χ0v) is 14.1. The van der Waals surface area contributed by atoms with Crippen LogP contribution < -0.4 is 0 Å². The molecule has 3 aromatic carbocycles. The predicted octanol–water partition coefficient (Wildman–Crippen LogP) is 4.26. The standard InChI is InChI=1S/C20H17NO2.Mn/c22-20(16-11-5-2-6-12-16)19(21-23)18-14-8-7-13-17(18)15-9-3-1-4-10-15;/h1-14,20,22-23H;. The smallest absolute Gasteiger partial charge is 0.125 e. The summed E-state index contributed by atoms with van der Waals surface area (Å²) in [7, 11) is 0. The molecule has 0 bridgehead atoms. The molecular weight excluding hydrogens is 341 g/mol. The largest absolute Gasteiger partial charge is 0.411 e. The molecule has 121 valence electrons. The molecule has 0 aliphatic rings. The molecule has 0 fully saturated rings. The Balaban J connectivity index is 0.00000208. The Hall–Kier alpha value is -2.39. The van der Waals surface area contributed by atoms with Crippen LogP contribution in [-0.2, 0) is 17.1 Å². The van der Waals surface area contributed by atoms with Gasteiger partial charge in [-0.05, 0) is 16.7 Å². The number of aliphatic hydroxyl groups is 1. The molecule has 0 aliphatic heterocycles. The van der Waals surface area contributed by atoms with Crippen LogP contribution in [0.25, 0.3) is 11.1 Å². The third-order valence-corrected chi connectivity index (χ3v) is 3.77. The third-order valence-electron chi connectivity index (χ3n) is 3.77. The molecular formula is C20H17MnNO2. The van der Waals surface area contributed by atoms with Crippen LogP contribution in [0.5, 0.6) is 0 Å². The molecule has 1 atom stereocenters. The summed E-state index contributed by atoms with van der Waals surface area (Å²) < 4.78 is 0. The molecule has 2 N–H and O–H groups in total. The molecule has 0 aliphatic carbocycles. The minimum atomic E-state index is -0.994. The molecule has 0 amide bonds. The summed E-state index contributed by atoms with van der Waals surface area (Å²) >= 11 is 0. The molecule has 1 radical (unpaired) electrons. The van der Waals surface area contributed by atoms with Gasteiger partial charge in [0.1, 0.15) is 11.8 Å². The van der Waals surface area contributed by atoms with Crippen LogP contribution in [-0.4, -0.2) is 16.0 Å². The molecule has 0 saturated carbocycles. The van der Waals surface area contributed by atoms with Crippen molar-refractivity contribution < 1.29 is 27.4 Å². The molecule has 3 aromatic rings. The number of hydrogen-bond acceptors (Lipinski definition) is 3. The van der Waals surface area contributed by atoms with Crippen molar-refractivity contribution in [1.82, 2.24) is 0 Å². The van der Waals surface area contributed by atoms with E-state index in [4.69, 9.17) is 0 Å². The molecule has 4 heteroatoms. The summed E-state index contributed by atoms with van der Waals surface area (Å²) in [5.41, 5.74) is 3.54. The first-order chi connectivity index (χ1) is 11.3. The first-order valence-corrected chi connectivity index (χ1v) is 7.41. The van der Waals surface area contributed by atoms with Crippen LogP contribution in [0.3, 0.4) is 0 Å². The van der Waals surface area contributed by atoms with E-state index in [1.165, 1.54) is 0 Å². The molecule has 3 nitrogen and oxygen atoms in total. The van der Waals surface area contributed by atoms with E-state index < -0.39 is 6.10 Å².